The van der Waals surface area contributed by atoms with Crippen molar-refractivity contribution in [1.29, 1.82) is 0 Å². The summed E-state index contributed by atoms with van der Waals surface area (Å²) in [5.41, 5.74) is 5.25. The van der Waals surface area contributed by atoms with Gasteiger partial charge in [0.25, 0.3) is 0 Å². The first-order chi connectivity index (χ1) is 20.5. The summed E-state index contributed by atoms with van der Waals surface area (Å²) in [6, 6.07) is 9.84. The molecule has 0 amide bonds. The van der Waals surface area contributed by atoms with Crippen molar-refractivity contribution >= 4 is 55.9 Å². The van der Waals surface area contributed by atoms with E-state index in [9.17, 15) is 4.79 Å². The first-order valence-electron chi connectivity index (χ1n) is 14.8. The molecule has 2 aromatic carbocycles. The lowest BCUT2D eigenvalue weighted by molar-refractivity contribution is 0.0122. The molecule has 3 atom stereocenters. The first-order valence-corrected chi connectivity index (χ1v) is 16.4. The number of carbonyl (C=O) groups excluding carboxylic acids is 1. The molecule has 3 aliphatic carbocycles. The maximum absolute atomic E-state index is 12.4. The molecular formula is C32H31Cl2N3O4S. The van der Waals surface area contributed by atoms with Crippen molar-refractivity contribution in [2.24, 2.45) is 5.92 Å². The summed E-state index contributed by atoms with van der Waals surface area (Å²) < 4.78 is 18.6. The minimum absolute atomic E-state index is 0.161. The van der Waals surface area contributed by atoms with Crippen LogP contribution in [0.15, 0.2) is 34.9 Å². The second-order valence-corrected chi connectivity index (χ2v) is 14.0. The van der Waals surface area contributed by atoms with Gasteiger partial charge in [-0.25, -0.2) is 9.78 Å². The molecule has 2 bridgehead atoms. The Labute approximate surface area is 258 Å². The van der Waals surface area contributed by atoms with E-state index in [0.717, 1.165) is 71.7 Å². The number of thiazole rings is 1. The Morgan fingerprint density at radius 3 is 2.60 bits per heavy atom. The molecule has 2 aromatic heterocycles. The molecule has 4 aliphatic rings. The van der Waals surface area contributed by atoms with Crippen LogP contribution in [0.2, 0.25) is 10.0 Å². The van der Waals surface area contributed by atoms with Gasteiger partial charge < -0.3 is 18.9 Å². The molecule has 42 heavy (non-hydrogen) atoms. The molecule has 1 aliphatic heterocycles. The molecule has 218 valence electrons. The fourth-order valence-corrected chi connectivity index (χ4v) is 8.71. The van der Waals surface area contributed by atoms with Crippen LogP contribution < -0.4 is 4.90 Å². The molecular weight excluding hydrogens is 593 g/mol. The number of anilines is 1. The van der Waals surface area contributed by atoms with Gasteiger partial charge in [0.2, 0.25) is 0 Å². The van der Waals surface area contributed by atoms with Crippen LogP contribution in [0.25, 0.3) is 21.5 Å². The van der Waals surface area contributed by atoms with Crippen LogP contribution in [-0.4, -0.2) is 41.9 Å². The van der Waals surface area contributed by atoms with Gasteiger partial charge in [-0.15, -0.1) is 0 Å². The minimum Gasteiger partial charge on any atom is -0.465 e. The molecule has 3 heterocycles. The van der Waals surface area contributed by atoms with Crippen LogP contribution in [0.4, 0.5) is 5.13 Å². The standard InChI is InChI=1S/C32H31Cl2N3O4S/c1-39-31(38)18-11-21(16-4-2-5-16)28-26(12-18)42-32(35-28)37-14-19-10-20(37)13-25(19)40-15-22-29(36-41-30(22)17-8-9-17)27-23(33)6-3-7-24(27)34/h3,6-7,11-12,16-17,19-20,25H,2,4-5,8-10,13-15H2,1H3/t19-,20-,25+/m0/s1. The van der Waals surface area contributed by atoms with Crippen LogP contribution in [0.1, 0.15) is 84.0 Å². The number of ether oxygens (including phenoxy) is 2. The van der Waals surface area contributed by atoms with Crippen LogP contribution in [-0.2, 0) is 16.1 Å². The lowest BCUT2D eigenvalue weighted by atomic mass is 9.79. The van der Waals surface area contributed by atoms with Gasteiger partial charge in [0.1, 0.15) is 11.5 Å². The molecule has 0 unspecified atom stereocenters. The predicted molar refractivity (Wildman–Crippen MR) is 164 cm³/mol. The van der Waals surface area contributed by atoms with Crippen LogP contribution in [0.3, 0.4) is 0 Å². The highest BCUT2D eigenvalue weighted by Gasteiger charge is 2.47. The van der Waals surface area contributed by atoms with Crippen molar-refractivity contribution in [2.45, 2.75) is 75.5 Å². The summed E-state index contributed by atoms with van der Waals surface area (Å²) in [5.74, 6) is 1.92. The Bertz CT molecular complexity index is 1670. The fraction of sp³-hybridized carbons (Fsp3) is 0.469. The maximum atomic E-state index is 12.4. The number of benzene rings is 2. The SMILES string of the molecule is COC(=O)c1cc(C2CCC2)c2nc(N3C[C@@H]4C[C@H]3C[C@H]4OCc3c(-c4c(Cl)cccc4Cl)noc3C3CC3)sc2c1. The van der Waals surface area contributed by atoms with E-state index in [0.29, 0.717) is 57.3 Å². The Morgan fingerprint density at radius 2 is 1.93 bits per heavy atom. The molecule has 0 spiro atoms. The van der Waals surface area contributed by atoms with Crippen LogP contribution in [0, 0.1) is 5.92 Å². The lowest BCUT2D eigenvalue weighted by Gasteiger charge is -2.31. The van der Waals surface area contributed by atoms with Crippen molar-refractivity contribution in [3.63, 3.8) is 0 Å². The number of piperidine rings is 1. The number of carbonyl (C=O) groups is 1. The third-order valence-corrected chi connectivity index (χ3v) is 11.3. The number of fused-ring (bicyclic) bond motifs is 3. The molecule has 1 saturated heterocycles. The van der Waals surface area contributed by atoms with Gasteiger partial charge in [-0.1, -0.05) is 52.2 Å². The van der Waals surface area contributed by atoms with E-state index in [1.54, 1.807) is 11.3 Å². The summed E-state index contributed by atoms with van der Waals surface area (Å²) in [6.07, 6.45) is 7.94. The number of rotatable bonds is 8. The Balaban J connectivity index is 1.01. The first kappa shape index (κ1) is 26.9. The van der Waals surface area contributed by atoms with E-state index in [1.165, 1.54) is 19.1 Å². The predicted octanol–water partition coefficient (Wildman–Crippen LogP) is 8.37. The van der Waals surface area contributed by atoms with Gasteiger partial charge in [-0.2, -0.15) is 0 Å². The summed E-state index contributed by atoms with van der Waals surface area (Å²) in [7, 11) is 1.44. The lowest BCUT2D eigenvalue weighted by Crippen LogP contribution is -2.38. The molecule has 8 rings (SSSR count). The van der Waals surface area contributed by atoms with Crippen LogP contribution >= 0.6 is 34.5 Å². The summed E-state index contributed by atoms with van der Waals surface area (Å²) in [5, 5.41) is 6.59. The van der Waals surface area contributed by atoms with Gasteiger partial charge >= 0.3 is 5.97 Å². The minimum atomic E-state index is -0.287. The Morgan fingerprint density at radius 1 is 1.12 bits per heavy atom. The summed E-state index contributed by atoms with van der Waals surface area (Å²) >= 11 is 14.8. The summed E-state index contributed by atoms with van der Waals surface area (Å²) in [6.45, 7) is 1.35. The number of aromatic nitrogens is 2. The van der Waals surface area contributed by atoms with Gasteiger partial charge in [-0.05, 0) is 74.3 Å². The number of nitrogens with zero attached hydrogens (tertiary/aromatic N) is 3. The highest BCUT2D eigenvalue weighted by atomic mass is 35.5. The average Bonchev–Trinajstić information content (AvgIpc) is 3.27. The second kappa shape index (κ2) is 10.5. The van der Waals surface area contributed by atoms with E-state index >= 15 is 0 Å². The zero-order chi connectivity index (χ0) is 28.5. The quantitative estimate of drug-likeness (QED) is 0.182. The number of hydrogen-bond donors (Lipinski definition) is 0. The van der Waals surface area contributed by atoms with Crippen molar-refractivity contribution in [3.8, 4) is 11.3 Å². The van der Waals surface area contributed by atoms with Crippen molar-refractivity contribution in [2.75, 3.05) is 18.6 Å². The zero-order valence-electron chi connectivity index (χ0n) is 23.3. The topological polar surface area (TPSA) is 77.7 Å². The molecule has 0 N–H and O–H groups in total. The van der Waals surface area contributed by atoms with Crippen molar-refractivity contribution in [1.82, 2.24) is 10.1 Å². The summed E-state index contributed by atoms with van der Waals surface area (Å²) in [4.78, 5) is 20.0. The van der Waals surface area contributed by atoms with Crippen molar-refractivity contribution in [3.05, 3.63) is 62.8 Å². The molecule has 4 fully saturated rings. The van der Waals surface area contributed by atoms with Crippen molar-refractivity contribution < 1.29 is 18.8 Å². The third kappa shape index (κ3) is 4.53. The number of methoxy groups -OCH3 is 1. The molecule has 3 saturated carbocycles. The molecule has 7 nitrogen and oxygen atoms in total. The van der Waals surface area contributed by atoms with E-state index < -0.39 is 0 Å². The fourth-order valence-electron chi connectivity index (χ4n) is 7.02. The number of hydrogen-bond acceptors (Lipinski definition) is 8. The average molecular weight is 625 g/mol. The van der Waals surface area contributed by atoms with Gasteiger partial charge in [0, 0.05) is 35.5 Å². The van der Waals surface area contributed by atoms with Gasteiger partial charge in [-0.3, -0.25) is 0 Å². The Kier molecular flexibility index (Phi) is 6.74. The highest BCUT2D eigenvalue weighted by molar-refractivity contribution is 7.22. The molecule has 4 aromatic rings. The van der Waals surface area contributed by atoms with E-state index in [2.05, 4.69) is 10.1 Å². The zero-order valence-corrected chi connectivity index (χ0v) is 25.6. The van der Waals surface area contributed by atoms with E-state index in [1.807, 2.05) is 30.3 Å². The monoisotopic (exact) mass is 623 g/mol. The van der Waals surface area contributed by atoms with Crippen LogP contribution in [0.5, 0.6) is 0 Å². The number of esters is 1. The number of halogens is 2. The third-order valence-electron chi connectivity index (χ3n) is 9.61. The normalized spacial score (nSPS) is 23.6. The smallest absolute Gasteiger partial charge is 0.337 e. The largest absolute Gasteiger partial charge is 0.465 e. The highest BCUT2D eigenvalue weighted by Crippen LogP contribution is 2.49. The maximum Gasteiger partial charge on any atom is 0.337 e. The van der Waals surface area contributed by atoms with Gasteiger partial charge in [0.15, 0.2) is 5.13 Å². The van der Waals surface area contributed by atoms with Gasteiger partial charge in [0.05, 0.1) is 45.6 Å². The molecule has 10 heteroatoms. The second-order valence-electron chi connectivity index (χ2n) is 12.2. The van der Waals surface area contributed by atoms with E-state index in [-0.39, 0.29) is 12.1 Å². The van der Waals surface area contributed by atoms with E-state index in [4.69, 9.17) is 42.2 Å². The Hall–Kier alpha value is -2.65. The molecule has 0 radical (unpaired) electrons.